The number of amides is 1. The minimum Gasteiger partial charge on any atom is -0.339 e. The van der Waals surface area contributed by atoms with Gasteiger partial charge in [0, 0.05) is 18.7 Å². The Hall–Kier alpha value is -3.39. The third-order valence-corrected chi connectivity index (χ3v) is 5.67. The summed E-state index contributed by atoms with van der Waals surface area (Å²) in [4.78, 5) is 14.5. The quantitative estimate of drug-likeness (QED) is 0.291. The fourth-order valence-electron chi connectivity index (χ4n) is 3.95. The minimum absolute atomic E-state index is 0.00453. The van der Waals surface area contributed by atoms with Crippen LogP contribution in [0.4, 0.5) is 0 Å². The van der Waals surface area contributed by atoms with Crippen molar-refractivity contribution >= 4 is 22.6 Å². The van der Waals surface area contributed by atoms with E-state index in [-0.39, 0.29) is 5.91 Å². The molecule has 0 aliphatic rings. The van der Waals surface area contributed by atoms with Crippen LogP contribution in [0.5, 0.6) is 0 Å². The van der Waals surface area contributed by atoms with Gasteiger partial charge in [0.1, 0.15) is 0 Å². The van der Waals surface area contributed by atoms with Crippen LogP contribution < -0.4 is 0 Å². The molecule has 0 radical (unpaired) electrons. The topological polar surface area (TPSA) is 20.3 Å². The van der Waals surface area contributed by atoms with Gasteiger partial charge in [-0.3, -0.25) is 4.79 Å². The lowest BCUT2D eigenvalue weighted by Crippen LogP contribution is -2.30. The number of allylic oxidation sites excluding steroid dienone is 1. The molecule has 3 rings (SSSR count). The van der Waals surface area contributed by atoms with E-state index in [2.05, 4.69) is 74.2 Å². The van der Waals surface area contributed by atoms with Crippen molar-refractivity contribution < 1.29 is 4.79 Å². The van der Waals surface area contributed by atoms with Crippen LogP contribution in [0.25, 0.3) is 16.7 Å². The van der Waals surface area contributed by atoms with Gasteiger partial charge >= 0.3 is 0 Å². The third-order valence-electron chi connectivity index (χ3n) is 5.67. The van der Waals surface area contributed by atoms with Crippen molar-refractivity contribution in [2.24, 2.45) is 0 Å². The smallest absolute Gasteiger partial charge is 0.253 e. The summed E-state index contributed by atoms with van der Waals surface area (Å²) in [5.41, 5.74) is 7.49. The fourth-order valence-corrected chi connectivity index (χ4v) is 3.95. The predicted octanol–water partition coefficient (Wildman–Crippen LogP) is 6.94. The Balaban J connectivity index is 2.07. The van der Waals surface area contributed by atoms with Crippen LogP contribution in [0, 0.1) is 0 Å². The molecule has 3 aromatic carbocycles. The molecule has 3 aromatic rings. The Morgan fingerprint density at radius 1 is 0.677 bits per heavy atom. The first-order valence-electron chi connectivity index (χ1n) is 11.0. The van der Waals surface area contributed by atoms with Crippen LogP contribution in [0.3, 0.4) is 0 Å². The number of rotatable bonds is 8. The summed E-state index contributed by atoms with van der Waals surface area (Å²) < 4.78 is 0. The maximum Gasteiger partial charge on any atom is 0.253 e. The molecular weight excluding hydrogens is 378 g/mol. The standard InChI is InChI=1S/C29H31NO/c1-5-27(24-14-10-8-11-15-24)28(25-16-12-9-13-17-25)26-20-18-23(19-21-26)22(4)29(31)30(6-2)7-3/h8-21H,4-7H2,1-3H3. The molecule has 2 heteroatoms. The van der Waals surface area contributed by atoms with E-state index in [1.165, 1.54) is 22.3 Å². The summed E-state index contributed by atoms with van der Waals surface area (Å²) in [5.74, 6) is -0.00453. The van der Waals surface area contributed by atoms with Crippen LogP contribution in [0.15, 0.2) is 91.5 Å². The second kappa shape index (κ2) is 10.6. The molecule has 0 saturated carbocycles. The molecule has 1 amide bonds. The Morgan fingerprint density at radius 3 is 1.61 bits per heavy atom. The second-order valence-corrected chi connectivity index (χ2v) is 7.47. The van der Waals surface area contributed by atoms with E-state index in [0.29, 0.717) is 18.7 Å². The summed E-state index contributed by atoms with van der Waals surface area (Å²) in [6.07, 6.45) is 0.920. The third kappa shape index (κ3) is 5.03. The predicted molar refractivity (Wildman–Crippen MR) is 132 cm³/mol. The summed E-state index contributed by atoms with van der Waals surface area (Å²) in [6.45, 7) is 11.6. The van der Waals surface area contributed by atoms with Crippen LogP contribution in [-0.4, -0.2) is 23.9 Å². The molecular formula is C29H31NO. The molecule has 0 heterocycles. The van der Waals surface area contributed by atoms with Gasteiger partial charge < -0.3 is 4.90 Å². The lowest BCUT2D eigenvalue weighted by Gasteiger charge is -2.20. The molecule has 0 bridgehead atoms. The molecule has 0 N–H and O–H groups in total. The maximum absolute atomic E-state index is 12.7. The van der Waals surface area contributed by atoms with Gasteiger partial charge in [-0.15, -0.1) is 0 Å². The van der Waals surface area contributed by atoms with E-state index in [1.54, 1.807) is 4.90 Å². The maximum atomic E-state index is 12.7. The highest BCUT2D eigenvalue weighted by molar-refractivity contribution is 6.18. The van der Waals surface area contributed by atoms with Gasteiger partial charge in [-0.05, 0) is 53.7 Å². The molecule has 0 atom stereocenters. The molecule has 0 aliphatic heterocycles. The normalized spacial score (nSPS) is 11.6. The minimum atomic E-state index is -0.00453. The lowest BCUT2D eigenvalue weighted by atomic mass is 9.87. The first kappa shape index (κ1) is 22.3. The van der Waals surface area contributed by atoms with Crippen molar-refractivity contribution in [3.8, 4) is 0 Å². The molecule has 0 aromatic heterocycles. The number of hydrogen-bond donors (Lipinski definition) is 0. The average Bonchev–Trinajstić information content (AvgIpc) is 2.84. The van der Waals surface area contributed by atoms with Crippen LogP contribution in [0.1, 0.15) is 49.4 Å². The van der Waals surface area contributed by atoms with E-state index in [0.717, 1.165) is 17.5 Å². The zero-order chi connectivity index (χ0) is 22.2. The largest absolute Gasteiger partial charge is 0.339 e. The molecule has 0 saturated heterocycles. The number of benzene rings is 3. The van der Waals surface area contributed by atoms with E-state index in [4.69, 9.17) is 0 Å². The van der Waals surface area contributed by atoms with E-state index >= 15 is 0 Å². The molecule has 31 heavy (non-hydrogen) atoms. The highest BCUT2D eigenvalue weighted by Crippen LogP contribution is 2.34. The molecule has 0 aliphatic carbocycles. The first-order chi connectivity index (χ1) is 15.1. The molecule has 0 fully saturated rings. The number of carbonyl (C=O) groups excluding carboxylic acids is 1. The van der Waals surface area contributed by atoms with Crippen LogP contribution in [-0.2, 0) is 4.79 Å². The summed E-state index contributed by atoms with van der Waals surface area (Å²) in [7, 11) is 0. The van der Waals surface area contributed by atoms with Crippen molar-refractivity contribution in [3.63, 3.8) is 0 Å². The van der Waals surface area contributed by atoms with E-state index in [9.17, 15) is 4.79 Å². The Kier molecular flexibility index (Phi) is 7.61. The van der Waals surface area contributed by atoms with E-state index in [1.807, 2.05) is 38.1 Å². The van der Waals surface area contributed by atoms with Gasteiger partial charge in [0.25, 0.3) is 5.91 Å². The van der Waals surface area contributed by atoms with Crippen LogP contribution >= 0.6 is 0 Å². The summed E-state index contributed by atoms with van der Waals surface area (Å²) in [5, 5.41) is 0. The van der Waals surface area contributed by atoms with Gasteiger partial charge in [-0.2, -0.15) is 0 Å². The number of hydrogen-bond acceptors (Lipinski definition) is 1. The summed E-state index contributed by atoms with van der Waals surface area (Å²) in [6, 6.07) is 29.3. The van der Waals surface area contributed by atoms with Gasteiger partial charge in [0.05, 0.1) is 0 Å². The Bertz CT molecular complexity index is 1040. The monoisotopic (exact) mass is 409 g/mol. The van der Waals surface area contributed by atoms with Gasteiger partial charge in [0.2, 0.25) is 0 Å². The van der Waals surface area contributed by atoms with Crippen molar-refractivity contribution in [1.82, 2.24) is 4.90 Å². The van der Waals surface area contributed by atoms with Gasteiger partial charge in [-0.25, -0.2) is 0 Å². The number of likely N-dealkylation sites (N-methyl/N-ethyl adjacent to an activating group) is 1. The Morgan fingerprint density at radius 2 is 1.13 bits per heavy atom. The van der Waals surface area contributed by atoms with Crippen LogP contribution in [0.2, 0.25) is 0 Å². The molecule has 158 valence electrons. The van der Waals surface area contributed by atoms with Crippen molar-refractivity contribution in [3.05, 3.63) is 114 Å². The first-order valence-corrected chi connectivity index (χ1v) is 11.0. The van der Waals surface area contributed by atoms with Gasteiger partial charge in [-0.1, -0.05) is 98.4 Å². The molecule has 0 spiro atoms. The van der Waals surface area contributed by atoms with Crippen molar-refractivity contribution in [2.45, 2.75) is 27.2 Å². The van der Waals surface area contributed by atoms with Crippen molar-refractivity contribution in [2.75, 3.05) is 13.1 Å². The summed E-state index contributed by atoms with van der Waals surface area (Å²) >= 11 is 0. The lowest BCUT2D eigenvalue weighted by molar-refractivity contribution is -0.124. The highest BCUT2D eigenvalue weighted by Gasteiger charge is 2.17. The van der Waals surface area contributed by atoms with Gasteiger partial charge in [0.15, 0.2) is 0 Å². The fraction of sp³-hybridized carbons (Fsp3) is 0.207. The zero-order valence-electron chi connectivity index (χ0n) is 18.8. The second-order valence-electron chi connectivity index (χ2n) is 7.47. The van der Waals surface area contributed by atoms with E-state index < -0.39 is 0 Å². The van der Waals surface area contributed by atoms with Crippen molar-refractivity contribution in [1.29, 1.82) is 0 Å². The molecule has 2 nitrogen and oxygen atoms in total. The number of nitrogens with zero attached hydrogens (tertiary/aromatic N) is 1. The SMILES string of the molecule is C=C(C(=O)N(CC)CC)c1ccc(C(=C(CC)c2ccccc2)c2ccccc2)cc1. The number of carbonyl (C=O) groups is 1. The molecule has 0 unspecified atom stereocenters. The highest BCUT2D eigenvalue weighted by atomic mass is 16.2. The average molecular weight is 410 g/mol. The Labute approximate surface area is 186 Å². The zero-order valence-corrected chi connectivity index (χ0v) is 18.8.